The number of cyclic esters (lactones) is 1. The van der Waals surface area contributed by atoms with Gasteiger partial charge in [-0.3, -0.25) is 0 Å². The maximum absolute atomic E-state index is 12.3. The first-order valence-corrected chi connectivity index (χ1v) is 8.32. The van der Waals surface area contributed by atoms with Crippen LogP contribution in [0, 0.1) is 0 Å². The maximum atomic E-state index is 12.3. The van der Waals surface area contributed by atoms with E-state index in [1.54, 1.807) is 67.6 Å². The molecular formula is C20H18O6. The third-order valence-corrected chi connectivity index (χ3v) is 4.06. The summed E-state index contributed by atoms with van der Waals surface area (Å²) < 4.78 is 16.0. The molecule has 1 aliphatic heterocycles. The van der Waals surface area contributed by atoms with Crippen molar-refractivity contribution in [2.75, 3.05) is 0 Å². The van der Waals surface area contributed by atoms with Gasteiger partial charge in [-0.05, 0) is 30.7 Å². The summed E-state index contributed by atoms with van der Waals surface area (Å²) >= 11 is 0. The first-order valence-electron chi connectivity index (χ1n) is 8.32. The Hall–Kier alpha value is -3.15. The summed E-state index contributed by atoms with van der Waals surface area (Å²) in [5.74, 6) is -2.00. The van der Waals surface area contributed by atoms with Gasteiger partial charge in [-0.15, -0.1) is 0 Å². The standard InChI is InChI=1S/C20H18O6/c1-2-15-16(25-18(21)13-9-5-3-6-10-13)17(20(23)24-15)26-19(22)14-11-7-4-8-12-14/h3-12,15-17H,2H2,1H3/t15-,16-,17?/m0/s1. The molecule has 0 spiro atoms. The quantitative estimate of drug-likeness (QED) is 0.607. The molecule has 0 aromatic heterocycles. The molecule has 0 N–H and O–H groups in total. The summed E-state index contributed by atoms with van der Waals surface area (Å²) in [5.41, 5.74) is 0.642. The van der Waals surface area contributed by atoms with Gasteiger partial charge in [-0.1, -0.05) is 43.3 Å². The van der Waals surface area contributed by atoms with Crippen LogP contribution in [-0.4, -0.2) is 36.2 Å². The SMILES string of the molecule is CC[C@@H]1OC(=O)C(OC(=O)c2ccccc2)[C@H]1OC(=O)c1ccccc1. The van der Waals surface area contributed by atoms with Crippen LogP contribution in [0.15, 0.2) is 60.7 Å². The van der Waals surface area contributed by atoms with Gasteiger partial charge in [-0.25, -0.2) is 14.4 Å². The summed E-state index contributed by atoms with van der Waals surface area (Å²) in [6.45, 7) is 1.79. The Kier molecular flexibility index (Phi) is 5.31. The minimum absolute atomic E-state index is 0.299. The summed E-state index contributed by atoms with van der Waals surface area (Å²) in [6.07, 6.45) is -2.52. The van der Waals surface area contributed by atoms with Crippen LogP contribution in [0.3, 0.4) is 0 Å². The highest BCUT2D eigenvalue weighted by atomic mass is 16.7. The van der Waals surface area contributed by atoms with Crippen molar-refractivity contribution in [1.29, 1.82) is 0 Å². The van der Waals surface area contributed by atoms with Crippen LogP contribution in [0.1, 0.15) is 34.1 Å². The predicted octanol–water partition coefficient (Wildman–Crippen LogP) is 2.77. The van der Waals surface area contributed by atoms with E-state index < -0.39 is 36.2 Å². The lowest BCUT2D eigenvalue weighted by Gasteiger charge is -2.20. The molecule has 134 valence electrons. The van der Waals surface area contributed by atoms with E-state index >= 15 is 0 Å². The van der Waals surface area contributed by atoms with Crippen molar-refractivity contribution in [3.05, 3.63) is 71.8 Å². The highest BCUT2D eigenvalue weighted by Crippen LogP contribution is 2.26. The summed E-state index contributed by atoms with van der Waals surface area (Å²) in [7, 11) is 0. The zero-order valence-corrected chi connectivity index (χ0v) is 14.2. The Morgan fingerprint density at radius 3 is 1.88 bits per heavy atom. The van der Waals surface area contributed by atoms with Crippen LogP contribution in [0.5, 0.6) is 0 Å². The second kappa shape index (κ2) is 7.82. The number of carbonyl (C=O) groups excluding carboxylic acids is 3. The molecule has 3 atom stereocenters. The van der Waals surface area contributed by atoms with Gasteiger partial charge in [0.25, 0.3) is 0 Å². The fourth-order valence-electron chi connectivity index (χ4n) is 2.70. The minimum Gasteiger partial charge on any atom is -0.455 e. The molecule has 0 radical (unpaired) electrons. The van der Waals surface area contributed by atoms with Crippen molar-refractivity contribution >= 4 is 17.9 Å². The van der Waals surface area contributed by atoms with Crippen LogP contribution < -0.4 is 0 Å². The van der Waals surface area contributed by atoms with E-state index in [1.807, 2.05) is 0 Å². The van der Waals surface area contributed by atoms with Crippen molar-refractivity contribution in [3.8, 4) is 0 Å². The molecule has 1 unspecified atom stereocenters. The van der Waals surface area contributed by atoms with Crippen molar-refractivity contribution in [3.63, 3.8) is 0 Å². The second-order valence-corrected chi connectivity index (χ2v) is 5.81. The molecule has 0 saturated carbocycles. The normalized spacial score (nSPS) is 21.7. The third-order valence-electron chi connectivity index (χ3n) is 4.06. The third kappa shape index (κ3) is 3.74. The molecule has 26 heavy (non-hydrogen) atoms. The van der Waals surface area contributed by atoms with Crippen molar-refractivity contribution in [2.45, 2.75) is 31.7 Å². The number of esters is 3. The largest absolute Gasteiger partial charge is 0.455 e. The van der Waals surface area contributed by atoms with Gasteiger partial charge in [0.1, 0.15) is 6.10 Å². The van der Waals surface area contributed by atoms with Gasteiger partial charge in [0, 0.05) is 0 Å². The lowest BCUT2D eigenvalue weighted by atomic mass is 10.1. The Morgan fingerprint density at radius 2 is 1.38 bits per heavy atom. The van der Waals surface area contributed by atoms with Crippen molar-refractivity contribution in [2.24, 2.45) is 0 Å². The van der Waals surface area contributed by atoms with Gasteiger partial charge in [0.15, 0.2) is 6.10 Å². The zero-order chi connectivity index (χ0) is 18.5. The van der Waals surface area contributed by atoms with Crippen molar-refractivity contribution in [1.82, 2.24) is 0 Å². The molecular weight excluding hydrogens is 336 g/mol. The van der Waals surface area contributed by atoms with Gasteiger partial charge in [0.2, 0.25) is 6.10 Å². The molecule has 1 fully saturated rings. The molecule has 0 aliphatic carbocycles. The summed E-state index contributed by atoms with van der Waals surface area (Å²) in [5, 5.41) is 0. The van der Waals surface area contributed by atoms with E-state index in [2.05, 4.69) is 0 Å². The average molecular weight is 354 g/mol. The minimum atomic E-state index is -1.29. The van der Waals surface area contributed by atoms with Crippen LogP contribution in [0.25, 0.3) is 0 Å². The monoisotopic (exact) mass is 354 g/mol. The van der Waals surface area contributed by atoms with Gasteiger partial charge in [-0.2, -0.15) is 0 Å². The number of rotatable bonds is 5. The predicted molar refractivity (Wildman–Crippen MR) is 91.5 cm³/mol. The molecule has 1 aliphatic rings. The van der Waals surface area contributed by atoms with Gasteiger partial charge >= 0.3 is 17.9 Å². The van der Waals surface area contributed by atoms with Crippen LogP contribution in [0.4, 0.5) is 0 Å². The van der Waals surface area contributed by atoms with Crippen LogP contribution in [-0.2, 0) is 19.0 Å². The number of carbonyl (C=O) groups is 3. The van der Waals surface area contributed by atoms with Crippen LogP contribution >= 0.6 is 0 Å². The smallest absolute Gasteiger partial charge is 0.352 e. The lowest BCUT2D eigenvalue weighted by Crippen LogP contribution is -2.39. The molecule has 1 saturated heterocycles. The topological polar surface area (TPSA) is 78.9 Å². The molecule has 0 amide bonds. The maximum Gasteiger partial charge on any atom is 0.352 e. The molecule has 1 heterocycles. The molecule has 2 aromatic rings. The molecule has 0 bridgehead atoms. The van der Waals surface area contributed by atoms with Crippen molar-refractivity contribution < 1.29 is 28.6 Å². The Morgan fingerprint density at radius 1 is 0.885 bits per heavy atom. The number of hydrogen-bond donors (Lipinski definition) is 0. The van der Waals surface area contributed by atoms with Gasteiger partial charge in [0.05, 0.1) is 11.1 Å². The van der Waals surface area contributed by atoms with E-state index in [0.717, 1.165) is 0 Å². The van der Waals surface area contributed by atoms with E-state index in [-0.39, 0.29) is 0 Å². The number of hydrogen-bond acceptors (Lipinski definition) is 6. The first kappa shape index (κ1) is 17.7. The van der Waals surface area contributed by atoms with E-state index in [0.29, 0.717) is 17.5 Å². The highest BCUT2D eigenvalue weighted by Gasteiger charge is 2.49. The fraction of sp³-hybridized carbons (Fsp3) is 0.250. The zero-order valence-electron chi connectivity index (χ0n) is 14.2. The average Bonchev–Trinajstić information content (AvgIpc) is 2.98. The first-order chi connectivity index (χ1) is 12.6. The van der Waals surface area contributed by atoms with E-state index in [1.165, 1.54) is 0 Å². The summed E-state index contributed by atoms with van der Waals surface area (Å²) in [4.78, 5) is 36.8. The second-order valence-electron chi connectivity index (χ2n) is 5.81. The van der Waals surface area contributed by atoms with Crippen LogP contribution in [0.2, 0.25) is 0 Å². The number of benzene rings is 2. The fourth-order valence-corrected chi connectivity index (χ4v) is 2.70. The molecule has 6 heteroatoms. The van der Waals surface area contributed by atoms with E-state index in [4.69, 9.17) is 14.2 Å². The molecule has 3 rings (SSSR count). The summed E-state index contributed by atoms with van der Waals surface area (Å²) in [6, 6.07) is 16.7. The highest BCUT2D eigenvalue weighted by molar-refractivity contribution is 5.93. The Balaban J connectivity index is 1.77. The lowest BCUT2D eigenvalue weighted by molar-refractivity contribution is -0.147. The Bertz CT molecular complexity index is 786. The van der Waals surface area contributed by atoms with E-state index in [9.17, 15) is 14.4 Å². The molecule has 6 nitrogen and oxygen atoms in total. The Labute approximate surface area is 150 Å². The molecule has 2 aromatic carbocycles. The van der Waals surface area contributed by atoms with Gasteiger partial charge < -0.3 is 14.2 Å². The number of ether oxygens (including phenoxy) is 3.